The molecule has 0 radical (unpaired) electrons. The van der Waals surface area contributed by atoms with Crippen molar-refractivity contribution in [3.05, 3.63) is 42.5 Å². The van der Waals surface area contributed by atoms with Gasteiger partial charge in [0.05, 0.1) is 6.29 Å². The second kappa shape index (κ2) is 25.7. The van der Waals surface area contributed by atoms with E-state index in [1.54, 1.807) is 6.29 Å². The monoisotopic (exact) mass is 641 g/mol. The number of hydrogen-bond acceptors (Lipinski definition) is 1. The number of benzene rings is 1. The number of allylic oxidation sites excluding steroid dienone is 1. The molecule has 0 aliphatic heterocycles. The zero-order chi connectivity index (χ0) is 20.8. The van der Waals surface area contributed by atoms with E-state index in [9.17, 15) is 4.79 Å². The predicted molar refractivity (Wildman–Crippen MR) is 127 cm³/mol. The van der Waals surface area contributed by atoms with Crippen molar-refractivity contribution in [2.75, 3.05) is 37.0 Å². The van der Waals surface area contributed by atoms with Gasteiger partial charge in [0, 0.05) is 0 Å². The normalized spacial score (nSPS) is 9.19. The van der Waals surface area contributed by atoms with E-state index in [1.165, 1.54) is 37.0 Å². The van der Waals surface area contributed by atoms with Crippen LogP contribution in [0.15, 0.2) is 36.9 Å². The van der Waals surface area contributed by atoms with Gasteiger partial charge in [-0.15, -0.1) is 33.5 Å². The molecule has 1 aromatic carbocycles. The van der Waals surface area contributed by atoms with Crippen molar-refractivity contribution in [1.29, 1.82) is 0 Å². The van der Waals surface area contributed by atoms with Crippen molar-refractivity contribution in [2.45, 2.75) is 41.5 Å². The van der Waals surface area contributed by atoms with Crippen LogP contribution >= 0.6 is 29.1 Å². The van der Waals surface area contributed by atoms with Crippen LogP contribution in [-0.2, 0) is 22.6 Å². The predicted octanol–water partition coefficient (Wildman–Crippen LogP) is 7.71. The third kappa shape index (κ3) is 19.4. The maximum absolute atomic E-state index is 10.1. The molecule has 5 heteroatoms. The van der Waals surface area contributed by atoms with E-state index in [2.05, 4.69) is 61.4 Å². The molecule has 1 nitrogen and oxygen atoms in total. The first-order valence-corrected chi connectivity index (χ1v) is 18.0. The number of carbonyl (C=O) groups excluding carboxylic acids is 1. The maximum atomic E-state index is 10.1. The Balaban J connectivity index is -0.000000299. The van der Waals surface area contributed by atoms with Gasteiger partial charge in [0.2, 0.25) is 0 Å². The van der Waals surface area contributed by atoms with E-state index in [4.69, 9.17) is 0 Å². The van der Waals surface area contributed by atoms with E-state index in [0.29, 0.717) is 21.4 Å². The molecule has 154 valence electrons. The molecule has 0 atom stereocenters. The van der Waals surface area contributed by atoms with Gasteiger partial charge in [0.15, 0.2) is 0 Å². The van der Waals surface area contributed by atoms with Crippen LogP contribution in [0.3, 0.4) is 0 Å². The molecule has 1 rings (SSSR count). The molecule has 0 aliphatic carbocycles. The van der Waals surface area contributed by atoms with Gasteiger partial charge in [-0.05, 0) is 37.0 Å². The molecule has 0 heterocycles. The Hall–Kier alpha value is 0.658. The van der Waals surface area contributed by atoms with E-state index >= 15 is 0 Å². The first-order valence-electron chi connectivity index (χ1n) is 9.23. The van der Waals surface area contributed by atoms with E-state index in [1.807, 2.05) is 48.1 Å². The third-order valence-electron chi connectivity index (χ3n) is 3.93. The second-order valence-electron chi connectivity index (χ2n) is 5.19. The second-order valence-corrected chi connectivity index (χ2v) is 11.7. The molecule has 0 saturated heterocycles. The zero-order valence-corrected chi connectivity index (χ0v) is 23.0. The first-order chi connectivity index (χ1) is 12.5. The molecule has 1 aromatic rings. The molecule has 0 fully saturated rings. The van der Waals surface area contributed by atoms with Gasteiger partial charge in [-0.2, -0.15) is 12.2 Å². The Labute approximate surface area is 183 Å². The molecule has 0 bridgehead atoms. The van der Waals surface area contributed by atoms with Gasteiger partial charge in [0.1, 0.15) is 0 Å². The summed E-state index contributed by atoms with van der Waals surface area (Å²) in [6.07, 6.45) is 10.3. The minimum atomic E-state index is 0.403. The summed E-state index contributed by atoms with van der Waals surface area (Å²) in [6, 6.07) is 9.26. The topological polar surface area (TPSA) is 17.1 Å². The Morgan fingerprint density at radius 2 is 1.15 bits per heavy atom. The van der Waals surface area contributed by atoms with Crippen LogP contribution < -0.4 is 0 Å². The molecule has 0 spiro atoms. The van der Waals surface area contributed by atoms with Crippen LogP contribution in [0.2, 0.25) is 0 Å². The van der Waals surface area contributed by atoms with Crippen molar-refractivity contribution >= 4 is 41.0 Å². The molecule has 0 aromatic heterocycles. The average Bonchev–Trinajstić information content (AvgIpc) is 2.73. The fourth-order valence-electron chi connectivity index (χ4n) is 2.04. The van der Waals surface area contributed by atoms with Crippen LogP contribution in [0.4, 0.5) is 0 Å². The number of halogens is 1. The summed E-state index contributed by atoms with van der Waals surface area (Å²) in [4.78, 5) is 10.1. The molecular weight excluding hydrogens is 605 g/mol. The third-order valence-corrected chi connectivity index (χ3v) is 9.30. The van der Waals surface area contributed by atoms with Gasteiger partial charge in [0.25, 0.3) is 0 Å². The summed E-state index contributed by atoms with van der Waals surface area (Å²) in [5.41, 5.74) is 1.23. The molecule has 0 aliphatic rings. The van der Waals surface area contributed by atoms with Gasteiger partial charge >= 0.3 is 31.1 Å². The number of hydrogen-bond donors (Lipinski definition) is 0. The fourth-order valence-corrected chi connectivity index (χ4v) is 4.72. The summed E-state index contributed by atoms with van der Waals surface area (Å²) in [6.45, 7) is 17.3. The van der Waals surface area contributed by atoms with Crippen LogP contribution in [0, 0.1) is 0 Å². The van der Waals surface area contributed by atoms with Crippen LogP contribution in [-0.4, -0.2) is 43.3 Å². The van der Waals surface area contributed by atoms with Crippen LogP contribution in [0.25, 0.3) is 5.57 Å². The summed E-state index contributed by atoms with van der Waals surface area (Å²) >= 11 is 4.86. The zero-order valence-electron chi connectivity index (χ0n) is 17.3. The Kier molecular flexibility index (Phi) is 30.9. The molecular formula is C21H37BrOP2Pt. The summed E-state index contributed by atoms with van der Waals surface area (Å²) in [5.74, 6) is 0. The van der Waals surface area contributed by atoms with E-state index in [0.717, 1.165) is 5.56 Å². The Bertz CT molecular complexity index is 385. The molecule has 0 N–H and O–H groups in total. The summed E-state index contributed by atoms with van der Waals surface area (Å²) < 4.78 is 0. The SMILES string of the molecule is C=C([C-]=O)c1ccccc1.CCP(CC)CC.CCP(CC)CC.[Br][Pt+]. The quantitative estimate of drug-likeness (QED) is 0.161. The van der Waals surface area contributed by atoms with E-state index in [-0.39, 0.29) is 0 Å². The van der Waals surface area contributed by atoms with Crippen molar-refractivity contribution in [3.8, 4) is 0 Å². The Morgan fingerprint density at radius 1 is 0.846 bits per heavy atom. The first kappa shape index (κ1) is 31.4. The molecule has 26 heavy (non-hydrogen) atoms. The van der Waals surface area contributed by atoms with Crippen molar-refractivity contribution < 1.29 is 22.6 Å². The molecule has 0 saturated carbocycles. The fraction of sp³-hybridized carbons (Fsp3) is 0.571. The van der Waals surface area contributed by atoms with E-state index < -0.39 is 0 Å². The summed E-state index contributed by atoms with van der Waals surface area (Å²) in [5, 5.41) is 0. The van der Waals surface area contributed by atoms with Crippen molar-refractivity contribution in [3.63, 3.8) is 0 Å². The average molecular weight is 642 g/mol. The summed E-state index contributed by atoms with van der Waals surface area (Å²) in [7, 11) is 0.892. The van der Waals surface area contributed by atoms with Gasteiger partial charge in [-0.25, -0.2) is 0 Å². The van der Waals surface area contributed by atoms with Crippen molar-refractivity contribution in [2.24, 2.45) is 0 Å². The Morgan fingerprint density at radius 3 is 1.35 bits per heavy atom. The minimum absolute atomic E-state index is 0.403. The van der Waals surface area contributed by atoms with Gasteiger partial charge < -0.3 is 4.79 Å². The van der Waals surface area contributed by atoms with Crippen LogP contribution in [0.1, 0.15) is 47.1 Å². The molecule has 0 amide bonds. The molecule has 0 unspecified atom stereocenters. The number of rotatable bonds is 8. The van der Waals surface area contributed by atoms with Crippen molar-refractivity contribution in [1.82, 2.24) is 0 Å². The van der Waals surface area contributed by atoms with Gasteiger partial charge in [-0.3, -0.25) is 0 Å². The standard InChI is InChI=1S/C9H7O.2C6H15P.BrH.Pt/c1-8(7-10)9-5-3-2-4-6-9;2*1-4-7(5-2)6-3;;/h2-6H,1H2;2*4-6H2,1-3H3;1H;/q-1;;;;+2/p-1. The van der Waals surface area contributed by atoms with Crippen LogP contribution in [0.5, 0.6) is 0 Å². The van der Waals surface area contributed by atoms with Gasteiger partial charge in [-0.1, -0.05) is 59.7 Å².